The Labute approximate surface area is 187 Å². The molecule has 0 unspecified atom stereocenters. The number of aliphatic hydroxyl groups is 1. The van der Waals surface area contributed by atoms with Gasteiger partial charge in [-0.1, -0.05) is 54.6 Å². The third-order valence-corrected chi connectivity index (χ3v) is 6.17. The molecule has 3 heterocycles. The standard InChI is InChI=1S/C25H20F2N2O4/c26-16-10-17-22(29-25(28-17)33-19-12-32-23-18(30)11-31-24(19)23)21(27)20(16)15-8-6-14(7-9-15)13-4-2-1-3-5-13/h1-10,18-19,23-24,30H,11-12H2,(H,28,29)/t18-,19+,23+,24+/m1/s1. The topological polar surface area (TPSA) is 76.6 Å². The molecule has 0 saturated carbocycles. The van der Waals surface area contributed by atoms with Crippen LogP contribution in [0, 0.1) is 11.6 Å². The molecule has 0 spiro atoms. The van der Waals surface area contributed by atoms with Gasteiger partial charge in [0.15, 0.2) is 11.9 Å². The number of nitrogens with one attached hydrogen (secondary N) is 1. The first-order valence-electron chi connectivity index (χ1n) is 10.7. The Morgan fingerprint density at radius 1 is 0.909 bits per heavy atom. The second kappa shape index (κ2) is 7.91. The van der Waals surface area contributed by atoms with E-state index in [1.807, 2.05) is 42.5 Å². The number of benzene rings is 3. The van der Waals surface area contributed by atoms with Gasteiger partial charge in [0.05, 0.1) is 24.3 Å². The Balaban J connectivity index is 1.30. The van der Waals surface area contributed by atoms with E-state index in [4.69, 9.17) is 14.2 Å². The summed E-state index contributed by atoms with van der Waals surface area (Å²) < 4.78 is 47.2. The lowest BCUT2D eigenvalue weighted by atomic mass is 9.99. The minimum atomic E-state index is -0.767. The molecule has 0 bridgehead atoms. The quantitative estimate of drug-likeness (QED) is 0.490. The lowest BCUT2D eigenvalue weighted by Crippen LogP contribution is -2.34. The van der Waals surface area contributed by atoms with E-state index in [2.05, 4.69) is 9.97 Å². The Kier molecular flexibility index (Phi) is 4.86. The largest absolute Gasteiger partial charge is 0.456 e. The van der Waals surface area contributed by atoms with E-state index >= 15 is 4.39 Å². The van der Waals surface area contributed by atoms with Crippen LogP contribution in [0.3, 0.4) is 0 Å². The fourth-order valence-electron chi connectivity index (χ4n) is 4.53. The minimum Gasteiger partial charge on any atom is -0.456 e. The van der Waals surface area contributed by atoms with Crippen LogP contribution in [0.2, 0.25) is 0 Å². The second-order valence-electron chi connectivity index (χ2n) is 8.25. The molecule has 2 saturated heterocycles. The van der Waals surface area contributed by atoms with E-state index in [1.165, 1.54) is 6.07 Å². The summed E-state index contributed by atoms with van der Waals surface area (Å²) in [4.78, 5) is 7.03. The molecule has 168 valence electrons. The molecule has 33 heavy (non-hydrogen) atoms. The van der Waals surface area contributed by atoms with Crippen LogP contribution in [0.4, 0.5) is 8.78 Å². The van der Waals surface area contributed by atoms with E-state index in [0.29, 0.717) is 5.56 Å². The van der Waals surface area contributed by atoms with E-state index < -0.39 is 36.1 Å². The first-order valence-corrected chi connectivity index (χ1v) is 10.7. The number of rotatable bonds is 4. The Bertz CT molecular complexity index is 1310. The van der Waals surface area contributed by atoms with Gasteiger partial charge in [0.2, 0.25) is 0 Å². The highest BCUT2D eigenvalue weighted by atomic mass is 19.1. The van der Waals surface area contributed by atoms with E-state index in [9.17, 15) is 9.50 Å². The molecule has 1 aromatic heterocycles. The van der Waals surface area contributed by atoms with Crippen LogP contribution < -0.4 is 4.74 Å². The Morgan fingerprint density at radius 3 is 2.39 bits per heavy atom. The molecule has 3 aromatic carbocycles. The van der Waals surface area contributed by atoms with Crippen molar-refractivity contribution in [3.63, 3.8) is 0 Å². The third-order valence-electron chi connectivity index (χ3n) is 6.17. The van der Waals surface area contributed by atoms with Crippen LogP contribution in [-0.4, -0.2) is 52.7 Å². The predicted octanol–water partition coefficient (Wildman–Crippen LogP) is 4.08. The van der Waals surface area contributed by atoms with Gasteiger partial charge in [-0.2, -0.15) is 4.98 Å². The average molecular weight is 450 g/mol. The van der Waals surface area contributed by atoms with Crippen molar-refractivity contribution in [2.75, 3.05) is 13.2 Å². The fourth-order valence-corrected chi connectivity index (χ4v) is 4.53. The van der Waals surface area contributed by atoms with Gasteiger partial charge in [-0.25, -0.2) is 8.78 Å². The number of hydrogen-bond acceptors (Lipinski definition) is 5. The number of aromatic amines is 1. The fraction of sp³-hybridized carbons (Fsp3) is 0.240. The monoisotopic (exact) mass is 450 g/mol. The minimum absolute atomic E-state index is 0.0172. The number of nitrogens with zero attached hydrogens (tertiary/aromatic N) is 1. The van der Waals surface area contributed by atoms with Crippen molar-refractivity contribution in [2.45, 2.75) is 24.4 Å². The van der Waals surface area contributed by atoms with Crippen molar-refractivity contribution < 1.29 is 28.1 Å². The van der Waals surface area contributed by atoms with Gasteiger partial charge in [0.25, 0.3) is 6.01 Å². The highest BCUT2D eigenvalue weighted by Crippen LogP contribution is 2.34. The second-order valence-corrected chi connectivity index (χ2v) is 8.25. The molecule has 6 nitrogen and oxygen atoms in total. The number of aromatic nitrogens is 2. The van der Waals surface area contributed by atoms with E-state index in [0.717, 1.165) is 11.1 Å². The lowest BCUT2D eigenvalue weighted by Gasteiger charge is -2.15. The summed E-state index contributed by atoms with van der Waals surface area (Å²) in [6, 6.07) is 18.1. The molecule has 2 fully saturated rings. The number of halogens is 2. The maximum absolute atomic E-state index is 15.4. The summed E-state index contributed by atoms with van der Waals surface area (Å²) in [6.07, 6.45) is -2.11. The molecule has 2 aliphatic rings. The van der Waals surface area contributed by atoms with Gasteiger partial charge in [-0.05, 0) is 16.7 Å². The number of ether oxygens (including phenoxy) is 3. The summed E-state index contributed by atoms with van der Waals surface area (Å²) in [7, 11) is 0. The van der Waals surface area contributed by atoms with Crippen LogP contribution in [0.5, 0.6) is 6.01 Å². The van der Waals surface area contributed by atoms with Crippen molar-refractivity contribution in [1.29, 1.82) is 0 Å². The van der Waals surface area contributed by atoms with Gasteiger partial charge >= 0.3 is 0 Å². The molecule has 8 heteroatoms. The summed E-state index contributed by atoms with van der Waals surface area (Å²) in [5.41, 5.74) is 2.41. The van der Waals surface area contributed by atoms with Crippen LogP contribution in [0.25, 0.3) is 33.3 Å². The summed E-state index contributed by atoms with van der Waals surface area (Å²) in [5, 5.41) is 9.86. The first kappa shape index (κ1) is 20.3. The van der Waals surface area contributed by atoms with Crippen molar-refractivity contribution in [3.05, 3.63) is 72.3 Å². The summed E-state index contributed by atoms with van der Waals surface area (Å²) in [6.45, 7) is 0.376. The number of aliphatic hydroxyl groups excluding tert-OH is 1. The van der Waals surface area contributed by atoms with Gasteiger partial charge in [-0.3, -0.25) is 0 Å². The zero-order chi connectivity index (χ0) is 22.5. The summed E-state index contributed by atoms with van der Waals surface area (Å²) in [5.74, 6) is -1.47. The van der Waals surface area contributed by atoms with Gasteiger partial charge in [0, 0.05) is 6.07 Å². The van der Waals surface area contributed by atoms with Crippen molar-refractivity contribution in [3.8, 4) is 28.3 Å². The number of hydrogen-bond donors (Lipinski definition) is 2. The zero-order valence-corrected chi connectivity index (χ0v) is 17.4. The molecule has 6 rings (SSSR count). The highest BCUT2D eigenvalue weighted by Gasteiger charge is 2.48. The molecular weight excluding hydrogens is 430 g/mol. The van der Waals surface area contributed by atoms with Gasteiger partial charge in [-0.15, -0.1) is 0 Å². The molecule has 0 amide bonds. The molecule has 2 aliphatic heterocycles. The Hall–Kier alpha value is -3.33. The molecule has 2 N–H and O–H groups in total. The lowest BCUT2D eigenvalue weighted by molar-refractivity contribution is 0.00706. The average Bonchev–Trinajstić information content (AvgIpc) is 3.52. The predicted molar refractivity (Wildman–Crippen MR) is 117 cm³/mol. The van der Waals surface area contributed by atoms with Crippen molar-refractivity contribution in [1.82, 2.24) is 9.97 Å². The van der Waals surface area contributed by atoms with Gasteiger partial charge in [0.1, 0.15) is 29.6 Å². The molecule has 4 aromatic rings. The molecule has 0 radical (unpaired) electrons. The van der Waals surface area contributed by atoms with Crippen LogP contribution in [-0.2, 0) is 9.47 Å². The maximum atomic E-state index is 15.4. The molecular formula is C25H20F2N2O4. The molecule has 0 aliphatic carbocycles. The van der Waals surface area contributed by atoms with Crippen LogP contribution in [0.15, 0.2) is 60.7 Å². The SMILES string of the molecule is O[C@@H]1CO[C@@H]2[C@H]1OC[C@@H]2Oc1nc2c(F)c(-c3ccc(-c4ccccc4)cc3)c(F)cc2[nH]1. The summed E-state index contributed by atoms with van der Waals surface area (Å²) >= 11 is 0. The Morgan fingerprint density at radius 2 is 1.61 bits per heavy atom. The zero-order valence-electron chi connectivity index (χ0n) is 17.4. The molecule has 4 atom stereocenters. The van der Waals surface area contributed by atoms with Gasteiger partial charge < -0.3 is 24.3 Å². The number of imidazole rings is 1. The highest BCUT2D eigenvalue weighted by molar-refractivity contribution is 5.84. The number of fused-ring (bicyclic) bond motifs is 2. The van der Waals surface area contributed by atoms with Crippen molar-refractivity contribution in [2.24, 2.45) is 0 Å². The third kappa shape index (κ3) is 3.47. The maximum Gasteiger partial charge on any atom is 0.295 e. The van der Waals surface area contributed by atoms with Crippen LogP contribution >= 0.6 is 0 Å². The van der Waals surface area contributed by atoms with Crippen molar-refractivity contribution >= 4 is 11.0 Å². The first-order chi connectivity index (χ1) is 16.1. The smallest absolute Gasteiger partial charge is 0.295 e. The normalized spacial score (nSPS) is 24.3. The van der Waals surface area contributed by atoms with E-state index in [1.54, 1.807) is 12.1 Å². The van der Waals surface area contributed by atoms with E-state index in [-0.39, 0.29) is 35.8 Å². The van der Waals surface area contributed by atoms with Crippen LogP contribution in [0.1, 0.15) is 0 Å². The number of H-pyrrole nitrogens is 1.